The van der Waals surface area contributed by atoms with Gasteiger partial charge in [-0.3, -0.25) is 24.5 Å². The first-order valence-corrected chi connectivity index (χ1v) is 10.3. The molecule has 0 bridgehead atoms. The molecule has 1 aliphatic carbocycles. The Labute approximate surface area is 188 Å². The first kappa shape index (κ1) is 22.0. The van der Waals surface area contributed by atoms with Gasteiger partial charge in [0.15, 0.2) is 6.10 Å². The van der Waals surface area contributed by atoms with Crippen LogP contribution < -0.4 is 16.0 Å². The van der Waals surface area contributed by atoms with Crippen molar-refractivity contribution < 1.29 is 33.4 Å². The van der Waals surface area contributed by atoms with Gasteiger partial charge in [0.25, 0.3) is 5.91 Å². The standard InChI is InChI=1S/C23H21N3O7/c27-19-9-18(22(30)26-19)33-21(29)11-24-20(28)10-25-23(31)32-12-17-15-7-3-1-5-13(15)14-6-2-4-8-16(14)17/h1-8,17-18H,9-12H2,(H,24,28)(H,25,31)(H,26,27,30). The fraction of sp³-hybridized carbons (Fsp3) is 0.261. The van der Waals surface area contributed by atoms with E-state index in [9.17, 15) is 24.0 Å². The van der Waals surface area contributed by atoms with E-state index in [-0.39, 0.29) is 18.9 Å². The van der Waals surface area contributed by atoms with Crippen molar-refractivity contribution in [1.82, 2.24) is 16.0 Å². The zero-order valence-electron chi connectivity index (χ0n) is 17.5. The molecule has 1 aliphatic heterocycles. The van der Waals surface area contributed by atoms with Crippen LogP contribution in [0, 0.1) is 0 Å². The summed E-state index contributed by atoms with van der Waals surface area (Å²) < 4.78 is 10.2. The summed E-state index contributed by atoms with van der Waals surface area (Å²) >= 11 is 0. The summed E-state index contributed by atoms with van der Waals surface area (Å²) in [7, 11) is 0. The molecule has 33 heavy (non-hydrogen) atoms. The Morgan fingerprint density at radius 3 is 2.15 bits per heavy atom. The van der Waals surface area contributed by atoms with Gasteiger partial charge >= 0.3 is 12.1 Å². The molecule has 2 aromatic carbocycles. The molecule has 2 aliphatic rings. The fourth-order valence-corrected chi connectivity index (χ4v) is 3.86. The highest BCUT2D eigenvalue weighted by Crippen LogP contribution is 2.44. The number of hydrogen-bond acceptors (Lipinski definition) is 7. The smallest absolute Gasteiger partial charge is 0.407 e. The number of nitrogens with one attached hydrogen (secondary N) is 3. The molecular formula is C23H21N3O7. The van der Waals surface area contributed by atoms with Crippen LogP contribution in [0.1, 0.15) is 23.5 Å². The molecule has 1 heterocycles. The van der Waals surface area contributed by atoms with Gasteiger partial charge in [-0.2, -0.15) is 0 Å². The van der Waals surface area contributed by atoms with E-state index in [2.05, 4.69) is 10.6 Å². The predicted octanol–water partition coefficient (Wildman–Crippen LogP) is 0.600. The molecule has 10 nitrogen and oxygen atoms in total. The number of carbonyl (C=O) groups is 5. The normalized spacial score (nSPS) is 16.4. The second-order valence-corrected chi connectivity index (χ2v) is 7.55. The van der Waals surface area contributed by atoms with Crippen molar-refractivity contribution in [2.24, 2.45) is 0 Å². The maximum absolute atomic E-state index is 12.1. The topological polar surface area (TPSA) is 140 Å². The largest absolute Gasteiger partial charge is 0.450 e. The van der Waals surface area contributed by atoms with E-state index < -0.39 is 49.0 Å². The Hall–Kier alpha value is -4.21. The van der Waals surface area contributed by atoms with E-state index in [1.54, 1.807) is 0 Å². The van der Waals surface area contributed by atoms with Gasteiger partial charge in [-0.1, -0.05) is 48.5 Å². The summed E-state index contributed by atoms with van der Waals surface area (Å²) in [6.45, 7) is -0.814. The van der Waals surface area contributed by atoms with Crippen LogP contribution in [0.25, 0.3) is 11.1 Å². The maximum Gasteiger partial charge on any atom is 0.407 e. The van der Waals surface area contributed by atoms with Gasteiger partial charge in [0.1, 0.15) is 19.7 Å². The quantitative estimate of drug-likeness (QED) is 0.414. The number of hydrogen-bond donors (Lipinski definition) is 3. The average molecular weight is 451 g/mol. The Morgan fingerprint density at radius 2 is 1.55 bits per heavy atom. The zero-order valence-corrected chi connectivity index (χ0v) is 17.5. The lowest BCUT2D eigenvalue weighted by molar-refractivity contribution is -0.153. The molecule has 0 saturated carbocycles. The van der Waals surface area contributed by atoms with Crippen LogP contribution in [0.4, 0.5) is 4.79 Å². The van der Waals surface area contributed by atoms with Gasteiger partial charge in [0.05, 0.1) is 6.42 Å². The Bertz CT molecular complexity index is 1090. The molecule has 0 aromatic heterocycles. The van der Waals surface area contributed by atoms with Gasteiger partial charge < -0.3 is 20.1 Å². The molecule has 0 spiro atoms. The lowest BCUT2D eigenvalue weighted by atomic mass is 9.98. The van der Waals surface area contributed by atoms with Crippen molar-refractivity contribution in [2.75, 3.05) is 19.7 Å². The third-order valence-electron chi connectivity index (χ3n) is 5.37. The van der Waals surface area contributed by atoms with Crippen LogP contribution >= 0.6 is 0 Å². The number of alkyl carbamates (subject to hydrolysis) is 1. The Kier molecular flexibility index (Phi) is 6.34. The van der Waals surface area contributed by atoms with Crippen LogP contribution in [0.2, 0.25) is 0 Å². The molecular weight excluding hydrogens is 430 g/mol. The van der Waals surface area contributed by atoms with Crippen LogP contribution in [0.3, 0.4) is 0 Å². The highest BCUT2D eigenvalue weighted by atomic mass is 16.6. The summed E-state index contributed by atoms with van der Waals surface area (Å²) in [5.74, 6) is -2.86. The third kappa shape index (κ3) is 5.00. The first-order chi connectivity index (χ1) is 15.9. The number of imide groups is 1. The molecule has 1 atom stereocenters. The number of rotatable bonds is 7. The van der Waals surface area contributed by atoms with Crippen molar-refractivity contribution in [3.05, 3.63) is 59.7 Å². The molecule has 0 radical (unpaired) electrons. The summed E-state index contributed by atoms with van der Waals surface area (Å²) in [5, 5.41) is 6.60. The highest BCUT2D eigenvalue weighted by Gasteiger charge is 2.33. The maximum atomic E-state index is 12.1. The number of benzene rings is 2. The van der Waals surface area contributed by atoms with Crippen molar-refractivity contribution in [2.45, 2.75) is 18.4 Å². The Morgan fingerprint density at radius 1 is 0.909 bits per heavy atom. The minimum atomic E-state index is -1.19. The van der Waals surface area contributed by atoms with Crippen molar-refractivity contribution in [3.63, 3.8) is 0 Å². The highest BCUT2D eigenvalue weighted by molar-refractivity contribution is 6.05. The van der Waals surface area contributed by atoms with Gasteiger partial charge in [-0.15, -0.1) is 0 Å². The van der Waals surface area contributed by atoms with Crippen LogP contribution in [-0.4, -0.2) is 55.6 Å². The van der Waals surface area contributed by atoms with Crippen LogP contribution in [0.15, 0.2) is 48.5 Å². The third-order valence-corrected chi connectivity index (χ3v) is 5.37. The number of carbonyl (C=O) groups excluding carboxylic acids is 5. The van der Waals surface area contributed by atoms with Gasteiger partial charge in [0.2, 0.25) is 11.8 Å². The molecule has 170 valence electrons. The molecule has 4 rings (SSSR count). The molecule has 1 unspecified atom stereocenters. The number of amides is 4. The minimum Gasteiger partial charge on any atom is -0.450 e. The average Bonchev–Trinajstić information content (AvgIpc) is 3.30. The lowest BCUT2D eigenvalue weighted by Crippen LogP contribution is -2.40. The van der Waals surface area contributed by atoms with Gasteiger partial charge in [0, 0.05) is 5.92 Å². The van der Waals surface area contributed by atoms with E-state index in [1.807, 2.05) is 53.8 Å². The summed E-state index contributed by atoms with van der Waals surface area (Å²) in [6.07, 6.45) is -2.21. The molecule has 3 N–H and O–H groups in total. The summed E-state index contributed by atoms with van der Waals surface area (Å²) in [6, 6.07) is 15.8. The van der Waals surface area contributed by atoms with E-state index in [0.717, 1.165) is 22.3 Å². The molecule has 10 heteroatoms. The monoisotopic (exact) mass is 451 g/mol. The molecule has 2 aromatic rings. The molecule has 1 fully saturated rings. The van der Waals surface area contributed by atoms with Gasteiger partial charge in [-0.25, -0.2) is 4.79 Å². The Balaban J connectivity index is 1.20. The second kappa shape index (κ2) is 9.51. The van der Waals surface area contributed by atoms with E-state index in [1.165, 1.54) is 0 Å². The summed E-state index contributed by atoms with van der Waals surface area (Å²) in [4.78, 5) is 58.1. The van der Waals surface area contributed by atoms with Crippen molar-refractivity contribution >= 4 is 29.8 Å². The molecule has 1 saturated heterocycles. The number of ether oxygens (including phenoxy) is 2. The van der Waals surface area contributed by atoms with Crippen molar-refractivity contribution in [3.8, 4) is 11.1 Å². The van der Waals surface area contributed by atoms with Gasteiger partial charge in [-0.05, 0) is 22.3 Å². The SMILES string of the molecule is O=C(CNC(=O)OCC1c2ccccc2-c2ccccc21)NCC(=O)OC1CC(=O)NC1=O. The number of fused-ring (bicyclic) bond motifs is 3. The second-order valence-electron chi connectivity index (χ2n) is 7.55. The minimum absolute atomic E-state index is 0.105. The number of esters is 1. The summed E-state index contributed by atoms with van der Waals surface area (Å²) in [5.41, 5.74) is 4.35. The first-order valence-electron chi connectivity index (χ1n) is 10.3. The van der Waals surface area contributed by atoms with Crippen LogP contribution in [-0.2, 0) is 28.7 Å². The van der Waals surface area contributed by atoms with Crippen molar-refractivity contribution in [1.29, 1.82) is 0 Å². The van der Waals surface area contributed by atoms with E-state index >= 15 is 0 Å². The van der Waals surface area contributed by atoms with Crippen LogP contribution in [0.5, 0.6) is 0 Å². The lowest BCUT2D eigenvalue weighted by Gasteiger charge is -2.14. The molecule has 4 amide bonds. The van der Waals surface area contributed by atoms with E-state index in [4.69, 9.17) is 9.47 Å². The zero-order chi connectivity index (χ0) is 23.4. The fourth-order valence-electron chi connectivity index (χ4n) is 3.86. The predicted molar refractivity (Wildman–Crippen MR) is 114 cm³/mol. The van der Waals surface area contributed by atoms with E-state index in [0.29, 0.717) is 0 Å².